The summed E-state index contributed by atoms with van der Waals surface area (Å²) in [5, 5.41) is 33.7. The number of likely N-dealkylation sites (tertiary alicyclic amines) is 1. The summed E-state index contributed by atoms with van der Waals surface area (Å²) in [4.78, 5) is 13.0. The number of nitrogens with zero attached hydrogens (tertiary/aromatic N) is 2. The molecule has 138 valence electrons. The number of aliphatic hydroxyl groups excluding tert-OH is 2. The monoisotopic (exact) mass is 357 g/mol. The van der Waals surface area contributed by atoms with Crippen LogP contribution in [0.1, 0.15) is 17.5 Å². The highest BCUT2D eigenvalue weighted by molar-refractivity contribution is 5.62. The number of hydrogen-bond acceptors (Lipinski definition) is 6. The third-order valence-corrected chi connectivity index (χ3v) is 4.70. The van der Waals surface area contributed by atoms with Gasteiger partial charge in [0.05, 0.1) is 17.6 Å². The van der Waals surface area contributed by atoms with Crippen molar-refractivity contribution in [3.8, 4) is 0 Å². The quantitative estimate of drug-likeness (QED) is 0.519. The zero-order valence-electron chi connectivity index (χ0n) is 14.4. The highest BCUT2D eigenvalue weighted by atomic mass is 16.6. The van der Waals surface area contributed by atoms with Gasteiger partial charge in [-0.2, -0.15) is 0 Å². The Morgan fingerprint density at radius 3 is 2.65 bits per heavy atom. The van der Waals surface area contributed by atoms with Gasteiger partial charge in [0.1, 0.15) is 5.69 Å². The molecule has 0 aliphatic carbocycles. The average molecular weight is 357 g/mol. The van der Waals surface area contributed by atoms with Crippen LogP contribution in [-0.2, 0) is 13.2 Å². The van der Waals surface area contributed by atoms with Gasteiger partial charge in [0.25, 0.3) is 5.69 Å². The summed E-state index contributed by atoms with van der Waals surface area (Å²) in [6, 6.07) is 14.7. The van der Waals surface area contributed by atoms with Crippen LogP contribution in [0.25, 0.3) is 0 Å². The molecule has 26 heavy (non-hydrogen) atoms. The summed E-state index contributed by atoms with van der Waals surface area (Å²) in [5.74, 6) is 0. The normalized spacial score (nSPS) is 20.2. The third-order valence-electron chi connectivity index (χ3n) is 4.70. The van der Waals surface area contributed by atoms with Gasteiger partial charge in [-0.15, -0.1) is 0 Å². The Hall–Kier alpha value is -2.48. The maximum atomic E-state index is 11.2. The standard InChI is InChI=1S/C19H23N3O4/c23-13-15-6-7-19(22(25)26)18(8-15)20-10-16-9-17(24)12-21(16)11-14-4-2-1-3-5-14/h1-8,16-17,20,23-24H,9-13H2. The van der Waals surface area contributed by atoms with Crippen molar-refractivity contribution in [1.82, 2.24) is 4.90 Å². The maximum Gasteiger partial charge on any atom is 0.292 e. The van der Waals surface area contributed by atoms with Crippen molar-refractivity contribution in [2.75, 3.05) is 18.4 Å². The van der Waals surface area contributed by atoms with Crippen LogP contribution in [0, 0.1) is 10.1 Å². The Morgan fingerprint density at radius 2 is 1.96 bits per heavy atom. The van der Waals surface area contributed by atoms with Gasteiger partial charge in [0.15, 0.2) is 0 Å². The zero-order chi connectivity index (χ0) is 18.5. The van der Waals surface area contributed by atoms with Crippen LogP contribution in [0.5, 0.6) is 0 Å². The van der Waals surface area contributed by atoms with Crippen molar-refractivity contribution in [3.05, 3.63) is 69.8 Å². The highest BCUT2D eigenvalue weighted by Gasteiger charge is 2.31. The van der Waals surface area contributed by atoms with Crippen molar-refractivity contribution >= 4 is 11.4 Å². The summed E-state index contributed by atoms with van der Waals surface area (Å²) >= 11 is 0. The predicted molar refractivity (Wildman–Crippen MR) is 98.8 cm³/mol. The third kappa shape index (κ3) is 4.37. The fraction of sp³-hybridized carbons (Fsp3) is 0.368. The van der Waals surface area contributed by atoms with Crippen LogP contribution in [0.2, 0.25) is 0 Å². The lowest BCUT2D eigenvalue weighted by Crippen LogP contribution is -2.34. The Bertz CT molecular complexity index is 754. The minimum atomic E-state index is -0.436. The Labute approximate surface area is 152 Å². The van der Waals surface area contributed by atoms with E-state index in [1.165, 1.54) is 11.6 Å². The lowest BCUT2D eigenvalue weighted by atomic mass is 10.1. The molecule has 2 atom stereocenters. The first-order valence-electron chi connectivity index (χ1n) is 8.65. The van der Waals surface area contributed by atoms with Crippen molar-refractivity contribution in [2.24, 2.45) is 0 Å². The van der Waals surface area contributed by atoms with Gasteiger partial charge in [-0.1, -0.05) is 30.3 Å². The Kier molecular flexibility index (Phi) is 5.82. The van der Waals surface area contributed by atoms with Crippen molar-refractivity contribution in [2.45, 2.75) is 31.7 Å². The van der Waals surface area contributed by atoms with Crippen LogP contribution < -0.4 is 5.32 Å². The van der Waals surface area contributed by atoms with E-state index in [2.05, 4.69) is 10.2 Å². The van der Waals surface area contributed by atoms with Crippen molar-refractivity contribution in [1.29, 1.82) is 0 Å². The number of hydrogen-bond donors (Lipinski definition) is 3. The van der Waals surface area contributed by atoms with E-state index in [0.29, 0.717) is 30.8 Å². The summed E-state index contributed by atoms with van der Waals surface area (Å²) in [6.45, 7) is 1.62. The molecule has 3 N–H and O–H groups in total. The number of aliphatic hydroxyl groups is 2. The molecule has 0 radical (unpaired) electrons. The molecule has 2 aromatic carbocycles. The first-order chi connectivity index (χ1) is 12.6. The van der Waals surface area contributed by atoms with Gasteiger partial charge >= 0.3 is 0 Å². The minimum absolute atomic E-state index is 0.0182. The second kappa shape index (κ2) is 8.27. The molecular formula is C19H23N3O4. The summed E-state index contributed by atoms with van der Waals surface area (Å²) in [5.41, 5.74) is 2.16. The molecule has 3 rings (SSSR count). The fourth-order valence-corrected chi connectivity index (χ4v) is 3.39. The number of anilines is 1. The first kappa shape index (κ1) is 18.3. The number of benzene rings is 2. The smallest absolute Gasteiger partial charge is 0.292 e. The molecule has 7 heteroatoms. The number of nitrogens with one attached hydrogen (secondary N) is 1. The maximum absolute atomic E-state index is 11.2. The molecule has 7 nitrogen and oxygen atoms in total. The Balaban J connectivity index is 1.70. The van der Waals surface area contributed by atoms with Gasteiger partial charge in [-0.3, -0.25) is 15.0 Å². The van der Waals surface area contributed by atoms with Crippen LogP contribution in [0.15, 0.2) is 48.5 Å². The van der Waals surface area contributed by atoms with Crippen LogP contribution >= 0.6 is 0 Å². The number of nitro groups is 1. The molecule has 0 amide bonds. The van der Waals surface area contributed by atoms with Gasteiger partial charge in [-0.25, -0.2) is 0 Å². The SMILES string of the molecule is O=[N+]([O-])c1ccc(CO)cc1NCC1CC(O)CN1Cc1ccccc1. The lowest BCUT2D eigenvalue weighted by Gasteiger charge is -2.25. The Morgan fingerprint density at radius 1 is 1.19 bits per heavy atom. The van der Waals surface area contributed by atoms with E-state index in [9.17, 15) is 20.3 Å². The number of rotatable bonds is 7. The van der Waals surface area contributed by atoms with E-state index in [4.69, 9.17) is 0 Å². The summed E-state index contributed by atoms with van der Waals surface area (Å²) in [7, 11) is 0. The topological polar surface area (TPSA) is 98.9 Å². The molecule has 1 heterocycles. The summed E-state index contributed by atoms with van der Waals surface area (Å²) in [6.07, 6.45) is 0.220. The van der Waals surface area contributed by atoms with Crippen molar-refractivity contribution in [3.63, 3.8) is 0 Å². The second-order valence-electron chi connectivity index (χ2n) is 6.61. The fourth-order valence-electron chi connectivity index (χ4n) is 3.39. The number of β-amino-alcohol motifs (C(OH)–C–C–N with tert-alkyl or cyclic N) is 1. The van der Waals surface area contributed by atoms with Gasteiger partial charge in [0, 0.05) is 31.7 Å². The molecule has 0 saturated carbocycles. The van der Waals surface area contributed by atoms with E-state index < -0.39 is 11.0 Å². The molecule has 1 saturated heterocycles. The molecule has 2 unspecified atom stereocenters. The number of nitro benzene ring substituents is 1. The molecule has 1 aliphatic rings. The van der Waals surface area contributed by atoms with Crippen molar-refractivity contribution < 1.29 is 15.1 Å². The van der Waals surface area contributed by atoms with E-state index in [1.54, 1.807) is 12.1 Å². The predicted octanol–water partition coefficient (Wildman–Crippen LogP) is 2.13. The van der Waals surface area contributed by atoms with Crippen LogP contribution in [-0.4, -0.2) is 45.3 Å². The highest BCUT2D eigenvalue weighted by Crippen LogP contribution is 2.27. The van der Waals surface area contributed by atoms with Gasteiger partial charge in [-0.05, 0) is 29.7 Å². The molecule has 1 fully saturated rings. The van der Waals surface area contributed by atoms with E-state index in [-0.39, 0.29) is 18.3 Å². The lowest BCUT2D eigenvalue weighted by molar-refractivity contribution is -0.384. The molecule has 1 aliphatic heterocycles. The molecule has 0 bridgehead atoms. The van der Waals surface area contributed by atoms with Gasteiger partial charge in [0.2, 0.25) is 0 Å². The zero-order valence-corrected chi connectivity index (χ0v) is 14.4. The second-order valence-corrected chi connectivity index (χ2v) is 6.61. The minimum Gasteiger partial charge on any atom is -0.392 e. The largest absolute Gasteiger partial charge is 0.392 e. The van der Waals surface area contributed by atoms with E-state index >= 15 is 0 Å². The van der Waals surface area contributed by atoms with E-state index in [0.717, 1.165) is 6.54 Å². The average Bonchev–Trinajstić information content (AvgIpc) is 2.99. The van der Waals surface area contributed by atoms with Crippen LogP contribution in [0.3, 0.4) is 0 Å². The van der Waals surface area contributed by atoms with Crippen LogP contribution in [0.4, 0.5) is 11.4 Å². The van der Waals surface area contributed by atoms with Gasteiger partial charge < -0.3 is 15.5 Å². The first-order valence-corrected chi connectivity index (χ1v) is 8.65. The molecule has 2 aromatic rings. The summed E-state index contributed by atoms with van der Waals surface area (Å²) < 4.78 is 0. The molecule has 0 spiro atoms. The molecular weight excluding hydrogens is 334 g/mol. The molecule has 0 aromatic heterocycles. The van der Waals surface area contributed by atoms with E-state index in [1.807, 2.05) is 30.3 Å².